The van der Waals surface area contributed by atoms with E-state index in [0.717, 1.165) is 0 Å². The average Bonchev–Trinajstić information content (AvgIpc) is 2.37. The van der Waals surface area contributed by atoms with Gasteiger partial charge in [-0.2, -0.15) is 0 Å². The van der Waals surface area contributed by atoms with Crippen molar-refractivity contribution in [2.24, 2.45) is 0 Å². The summed E-state index contributed by atoms with van der Waals surface area (Å²) in [5.74, 6) is -1.51. The summed E-state index contributed by atoms with van der Waals surface area (Å²) in [5, 5.41) is 0. The van der Waals surface area contributed by atoms with E-state index in [2.05, 4.69) is 0 Å². The van der Waals surface area contributed by atoms with Gasteiger partial charge in [-0.15, -0.1) is 0 Å². The Labute approximate surface area is 122 Å². The van der Waals surface area contributed by atoms with Crippen LogP contribution < -0.4 is 0 Å². The molecule has 0 N–H and O–H groups in total. The van der Waals surface area contributed by atoms with Crippen LogP contribution in [0.3, 0.4) is 0 Å². The van der Waals surface area contributed by atoms with Gasteiger partial charge in [-0.1, -0.05) is 0 Å². The molecule has 1 heterocycles. The van der Waals surface area contributed by atoms with Crippen molar-refractivity contribution < 1.29 is 38.1 Å². The third kappa shape index (κ3) is 5.31. The van der Waals surface area contributed by atoms with E-state index in [-0.39, 0.29) is 13.2 Å². The van der Waals surface area contributed by atoms with E-state index in [1.54, 1.807) is 0 Å². The first-order valence-electron chi connectivity index (χ1n) is 6.47. The van der Waals surface area contributed by atoms with Gasteiger partial charge < -0.3 is 23.7 Å². The average molecular weight is 304 g/mol. The maximum Gasteiger partial charge on any atom is 0.303 e. The lowest BCUT2D eigenvalue weighted by molar-refractivity contribution is -0.228. The summed E-state index contributed by atoms with van der Waals surface area (Å²) in [6, 6.07) is 0. The summed E-state index contributed by atoms with van der Waals surface area (Å²) >= 11 is 0. The zero-order chi connectivity index (χ0) is 16.0. The molecule has 4 atom stereocenters. The number of rotatable bonds is 5. The SMILES string of the molecule is CO[C@H]1C(COC(C)=O)OCC(OC(C)=O)[C@@H]1OC(C)=O. The van der Waals surface area contributed by atoms with Crippen molar-refractivity contribution in [3.8, 4) is 0 Å². The number of esters is 3. The van der Waals surface area contributed by atoms with Crippen molar-refractivity contribution in [1.82, 2.24) is 0 Å². The van der Waals surface area contributed by atoms with E-state index in [4.69, 9.17) is 23.7 Å². The molecule has 0 amide bonds. The van der Waals surface area contributed by atoms with Crippen LogP contribution in [0.15, 0.2) is 0 Å². The first-order chi connectivity index (χ1) is 9.85. The topological polar surface area (TPSA) is 97.4 Å². The number of methoxy groups -OCH3 is 1. The predicted molar refractivity (Wildman–Crippen MR) is 68.3 cm³/mol. The lowest BCUT2D eigenvalue weighted by Gasteiger charge is -2.40. The number of ether oxygens (including phenoxy) is 5. The Kier molecular flexibility index (Phi) is 6.57. The smallest absolute Gasteiger partial charge is 0.303 e. The monoisotopic (exact) mass is 304 g/mol. The molecule has 0 aromatic rings. The van der Waals surface area contributed by atoms with Crippen LogP contribution >= 0.6 is 0 Å². The van der Waals surface area contributed by atoms with Crippen LogP contribution in [0.1, 0.15) is 20.8 Å². The minimum atomic E-state index is -0.828. The Hall–Kier alpha value is -1.67. The van der Waals surface area contributed by atoms with Crippen LogP contribution in [0.25, 0.3) is 0 Å². The summed E-state index contributed by atoms with van der Waals surface area (Å²) < 4.78 is 25.9. The van der Waals surface area contributed by atoms with Crippen molar-refractivity contribution in [2.45, 2.75) is 45.2 Å². The van der Waals surface area contributed by atoms with Gasteiger partial charge in [-0.05, 0) is 0 Å². The largest absolute Gasteiger partial charge is 0.463 e. The third-order valence-electron chi connectivity index (χ3n) is 2.87. The molecule has 8 heteroatoms. The van der Waals surface area contributed by atoms with Crippen LogP contribution in [-0.4, -0.2) is 62.6 Å². The number of hydrogen-bond acceptors (Lipinski definition) is 8. The molecular weight excluding hydrogens is 284 g/mol. The highest BCUT2D eigenvalue weighted by Crippen LogP contribution is 2.24. The molecule has 21 heavy (non-hydrogen) atoms. The fourth-order valence-corrected chi connectivity index (χ4v) is 2.11. The highest BCUT2D eigenvalue weighted by Gasteiger charge is 2.45. The van der Waals surface area contributed by atoms with Gasteiger partial charge in [-0.25, -0.2) is 0 Å². The van der Waals surface area contributed by atoms with Crippen molar-refractivity contribution >= 4 is 17.9 Å². The van der Waals surface area contributed by atoms with Crippen LogP contribution in [0.4, 0.5) is 0 Å². The maximum absolute atomic E-state index is 11.2. The predicted octanol–water partition coefficient (Wildman–Crippen LogP) is -0.173. The molecule has 0 aromatic heterocycles. The lowest BCUT2D eigenvalue weighted by Crippen LogP contribution is -2.57. The molecule has 0 aromatic carbocycles. The number of hydrogen-bond donors (Lipinski definition) is 0. The molecule has 0 saturated carbocycles. The molecule has 0 radical (unpaired) electrons. The minimum absolute atomic E-state index is 0.0172. The number of carbonyl (C=O) groups excluding carboxylic acids is 3. The van der Waals surface area contributed by atoms with Crippen molar-refractivity contribution in [3.05, 3.63) is 0 Å². The van der Waals surface area contributed by atoms with E-state index in [1.807, 2.05) is 0 Å². The molecule has 0 bridgehead atoms. The highest BCUT2D eigenvalue weighted by atomic mass is 16.6. The summed E-state index contributed by atoms with van der Waals surface area (Å²) in [6.45, 7) is 3.74. The molecule has 1 saturated heterocycles. The second kappa shape index (κ2) is 7.94. The van der Waals surface area contributed by atoms with E-state index < -0.39 is 42.3 Å². The van der Waals surface area contributed by atoms with Gasteiger partial charge in [0.05, 0.1) is 6.61 Å². The Balaban J connectivity index is 2.83. The summed E-state index contributed by atoms with van der Waals surface area (Å²) in [5.41, 5.74) is 0. The molecule has 1 aliphatic rings. The fourth-order valence-electron chi connectivity index (χ4n) is 2.11. The van der Waals surface area contributed by atoms with Gasteiger partial charge in [0.1, 0.15) is 18.8 Å². The molecule has 1 fully saturated rings. The fraction of sp³-hybridized carbons (Fsp3) is 0.769. The van der Waals surface area contributed by atoms with Gasteiger partial charge in [-0.3, -0.25) is 14.4 Å². The first-order valence-corrected chi connectivity index (χ1v) is 6.47. The van der Waals surface area contributed by atoms with E-state index in [0.29, 0.717) is 0 Å². The van der Waals surface area contributed by atoms with Gasteiger partial charge in [0.15, 0.2) is 12.2 Å². The summed E-state index contributed by atoms with van der Waals surface area (Å²) in [4.78, 5) is 33.2. The molecule has 1 aliphatic heterocycles. The standard InChI is InChI=1S/C13H20O8/c1-7(14)18-5-10-12(17-4)13(21-9(3)16)11(6-19-10)20-8(2)15/h10-13H,5-6H2,1-4H3/t10?,11?,12-,13-/m0/s1. The van der Waals surface area contributed by atoms with E-state index in [1.165, 1.54) is 27.9 Å². The van der Waals surface area contributed by atoms with E-state index in [9.17, 15) is 14.4 Å². The second-order valence-corrected chi connectivity index (χ2v) is 4.60. The van der Waals surface area contributed by atoms with Gasteiger partial charge in [0.25, 0.3) is 0 Å². The molecule has 0 aliphatic carbocycles. The summed E-state index contributed by atoms with van der Waals surface area (Å²) in [7, 11) is 1.40. The zero-order valence-electron chi connectivity index (χ0n) is 12.5. The Morgan fingerprint density at radius 2 is 1.62 bits per heavy atom. The van der Waals surface area contributed by atoms with Crippen LogP contribution in [-0.2, 0) is 38.1 Å². The maximum atomic E-state index is 11.2. The second-order valence-electron chi connectivity index (χ2n) is 4.60. The molecule has 2 unspecified atom stereocenters. The Morgan fingerprint density at radius 1 is 1.00 bits per heavy atom. The van der Waals surface area contributed by atoms with Gasteiger partial charge >= 0.3 is 17.9 Å². The van der Waals surface area contributed by atoms with Crippen molar-refractivity contribution in [2.75, 3.05) is 20.3 Å². The van der Waals surface area contributed by atoms with E-state index >= 15 is 0 Å². The molecule has 8 nitrogen and oxygen atoms in total. The van der Waals surface area contributed by atoms with Crippen LogP contribution in [0.2, 0.25) is 0 Å². The minimum Gasteiger partial charge on any atom is -0.463 e. The molecule has 1 rings (SSSR count). The van der Waals surface area contributed by atoms with Gasteiger partial charge in [0, 0.05) is 27.9 Å². The van der Waals surface area contributed by atoms with Crippen LogP contribution in [0, 0.1) is 0 Å². The van der Waals surface area contributed by atoms with Crippen molar-refractivity contribution in [3.63, 3.8) is 0 Å². The molecule has 0 spiro atoms. The van der Waals surface area contributed by atoms with Crippen molar-refractivity contribution in [1.29, 1.82) is 0 Å². The zero-order valence-corrected chi connectivity index (χ0v) is 12.5. The normalized spacial score (nSPS) is 28.6. The number of carbonyl (C=O) groups is 3. The highest BCUT2D eigenvalue weighted by molar-refractivity contribution is 5.67. The third-order valence-corrected chi connectivity index (χ3v) is 2.87. The lowest BCUT2D eigenvalue weighted by atomic mass is 9.99. The molecule has 120 valence electrons. The summed E-state index contributed by atoms with van der Waals surface area (Å²) in [6.07, 6.45) is -2.93. The Morgan fingerprint density at radius 3 is 2.10 bits per heavy atom. The first kappa shape index (κ1) is 17.4. The van der Waals surface area contributed by atoms with Crippen LogP contribution in [0.5, 0.6) is 0 Å². The quantitative estimate of drug-likeness (QED) is 0.510. The molecular formula is C13H20O8. The Bertz CT molecular complexity index is 394. The van der Waals surface area contributed by atoms with Gasteiger partial charge in [0.2, 0.25) is 0 Å².